The number of hydrogen-bond acceptors (Lipinski definition) is 8. The molecule has 2 saturated heterocycles. The van der Waals surface area contributed by atoms with E-state index in [0.717, 1.165) is 26.9 Å². The smallest absolute Gasteiger partial charge is 0.332 e. The first kappa shape index (κ1) is 31.0. The molecular weight excluding hydrogens is 604 g/mol. The van der Waals surface area contributed by atoms with Crippen LogP contribution in [0.4, 0.5) is 15.6 Å². The number of para-hydroxylation sites is 1. The number of nitrogens with two attached hydrogens (primary N) is 1. The molecule has 6 rings (SSSR count). The van der Waals surface area contributed by atoms with E-state index in [1.807, 2.05) is 67.6 Å². The molecule has 0 unspecified atom stereocenters. The van der Waals surface area contributed by atoms with E-state index < -0.39 is 12.2 Å². The van der Waals surface area contributed by atoms with Crippen molar-refractivity contribution in [1.82, 2.24) is 30.1 Å². The molecule has 0 radical (unpaired) electrons. The van der Waals surface area contributed by atoms with Gasteiger partial charge in [-0.1, -0.05) is 72.9 Å². The third-order valence-electron chi connectivity index (χ3n) is 8.32. The summed E-state index contributed by atoms with van der Waals surface area (Å²) >= 11 is 1.39. The predicted octanol–water partition coefficient (Wildman–Crippen LogP) is 3.41. The first-order valence-corrected chi connectivity index (χ1v) is 16.1. The van der Waals surface area contributed by atoms with E-state index in [1.54, 1.807) is 32.0 Å². The van der Waals surface area contributed by atoms with Crippen LogP contribution in [0.5, 0.6) is 0 Å². The highest BCUT2D eigenvalue weighted by Gasteiger charge is 2.52. The van der Waals surface area contributed by atoms with Crippen LogP contribution in [0.3, 0.4) is 0 Å². The molecule has 2 fully saturated rings. The van der Waals surface area contributed by atoms with Crippen LogP contribution in [0, 0.1) is 0 Å². The lowest BCUT2D eigenvalue weighted by molar-refractivity contribution is -0.157. The van der Waals surface area contributed by atoms with E-state index in [4.69, 9.17) is 5.73 Å². The van der Waals surface area contributed by atoms with Crippen molar-refractivity contribution in [1.29, 1.82) is 0 Å². The van der Waals surface area contributed by atoms with Gasteiger partial charge in [-0.05, 0) is 41.3 Å². The van der Waals surface area contributed by atoms with Crippen molar-refractivity contribution in [2.75, 3.05) is 30.7 Å². The summed E-state index contributed by atoms with van der Waals surface area (Å²) in [7, 11) is 0. The topological polar surface area (TPSA) is 144 Å². The number of aromatic nitrogens is 1. The number of anilines is 2. The summed E-state index contributed by atoms with van der Waals surface area (Å²) in [6.45, 7) is 3.19. The van der Waals surface area contributed by atoms with Gasteiger partial charge in [0.2, 0.25) is 18.2 Å². The van der Waals surface area contributed by atoms with Crippen LogP contribution in [-0.2, 0) is 33.9 Å². The standard InChI is InChI=1S/C33H36N8O4S/c1-2-15-39(33(45)35-17-23-7-4-3-5-8-23)40-20-29(43)41-26(16-22-11-13-25(14-12-22)36-21-42)31(44)38(19-28(40)41)18-24-9-6-10-27-30(24)37-32(34)46-27/h3-14,21,26,28H,2,15-20H2,1H3,(H2,34,37)(H,35,45)(H,36,42)/t26-,28+/m0/s1. The third-order valence-corrected chi connectivity index (χ3v) is 9.17. The van der Waals surface area contributed by atoms with Gasteiger partial charge < -0.3 is 26.2 Å². The van der Waals surface area contributed by atoms with Crippen molar-refractivity contribution in [2.45, 2.75) is 45.1 Å². The number of nitrogens with zero attached hydrogens (tertiary/aromatic N) is 5. The number of urea groups is 1. The van der Waals surface area contributed by atoms with Gasteiger partial charge in [0.1, 0.15) is 12.2 Å². The maximum atomic E-state index is 14.2. The number of carbonyl (C=O) groups excluding carboxylic acids is 4. The maximum absolute atomic E-state index is 14.2. The van der Waals surface area contributed by atoms with Gasteiger partial charge in [0.25, 0.3) is 0 Å². The molecule has 46 heavy (non-hydrogen) atoms. The normalized spacial score (nSPS) is 18.1. The number of nitrogens with one attached hydrogen (secondary N) is 2. The Kier molecular flexibility index (Phi) is 9.13. The predicted molar refractivity (Wildman–Crippen MR) is 176 cm³/mol. The molecular formula is C33H36N8O4S. The van der Waals surface area contributed by atoms with Gasteiger partial charge in [-0.2, -0.15) is 5.01 Å². The summed E-state index contributed by atoms with van der Waals surface area (Å²) < 4.78 is 0.934. The number of rotatable bonds is 11. The summed E-state index contributed by atoms with van der Waals surface area (Å²) in [6.07, 6.45) is 0.999. The SMILES string of the molecule is CCCN(C(=O)NCc1ccccc1)N1CC(=O)N2[C@@H](Cc3ccc(NC=O)cc3)C(=O)N(Cc3cccc4sc(N)nc34)C[C@@H]21. The molecule has 5 amide bonds. The van der Waals surface area contributed by atoms with Gasteiger partial charge in [0.15, 0.2) is 5.13 Å². The molecule has 4 N–H and O–H groups in total. The molecule has 0 aliphatic carbocycles. The molecule has 2 aliphatic heterocycles. The van der Waals surface area contributed by atoms with E-state index in [0.29, 0.717) is 36.7 Å². The Bertz CT molecular complexity index is 1730. The Hall–Kier alpha value is -5.01. The minimum atomic E-state index is -0.795. The first-order chi connectivity index (χ1) is 22.4. The average Bonchev–Trinajstić information content (AvgIpc) is 3.61. The second kappa shape index (κ2) is 13.5. The second-order valence-electron chi connectivity index (χ2n) is 11.4. The van der Waals surface area contributed by atoms with Crippen LogP contribution >= 0.6 is 11.3 Å². The van der Waals surface area contributed by atoms with E-state index in [9.17, 15) is 19.2 Å². The van der Waals surface area contributed by atoms with Gasteiger partial charge in [-0.25, -0.2) is 9.78 Å². The van der Waals surface area contributed by atoms with Crippen LogP contribution in [0.2, 0.25) is 0 Å². The lowest BCUT2D eigenvalue weighted by Crippen LogP contribution is -2.66. The molecule has 0 bridgehead atoms. The van der Waals surface area contributed by atoms with Crippen LogP contribution in [0.25, 0.3) is 10.2 Å². The van der Waals surface area contributed by atoms with Crippen molar-refractivity contribution in [3.05, 3.63) is 89.5 Å². The molecule has 0 saturated carbocycles. The van der Waals surface area contributed by atoms with E-state index >= 15 is 0 Å². The highest BCUT2D eigenvalue weighted by Crippen LogP contribution is 2.32. The fraction of sp³-hybridized carbons (Fsp3) is 0.303. The van der Waals surface area contributed by atoms with Gasteiger partial charge in [0, 0.05) is 31.7 Å². The molecule has 2 atom stereocenters. The Morgan fingerprint density at radius 2 is 1.85 bits per heavy atom. The highest BCUT2D eigenvalue weighted by atomic mass is 32.1. The molecule has 13 heteroatoms. The zero-order valence-corrected chi connectivity index (χ0v) is 26.3. The number of hydrogen-bond donors (Lipinski definition) is 3. The molecule has 238 valence electrons. The summed E-state index contributed by atoms with van der Waals surface area (Å²) in [6, 6.07) is 21.6. The zero-order valence-electron chi connectivity index (χ0n) is 25.5. The van der Waals surface area contributed by atoms with E-state index in [2.05, 4.69) is 15.6 Å². The summed E-state index contributed by atoms with van der Waals surface area (Å²) in [4.78, 5) is 60.4. The number of fused-ring (bicyclic) bond motifs is 2. The molecule has 1 aromatic heterocycles. The van der Waals surface area contributed by atoms with E-state index in [-0.39, 0.29) is 43.9 Å². The lowest BCUT2D eigenvalue weighted by Gasteiger charge is -2.46. The van der Waals surface area contributed by atoms with E-state index in [1.165, 1.54) is 11.3 Å². The first-order valence-electron chi connectivity index (χ1n) is 15.2. The monoisotopic (exact) mass is 640 g/mol. The zero-order chi connectivity index (χ0) is 32.2. The number of nitrogen functional groups attached to an aromatic ring is 1. The molecule has 4 aromatic rings. The molecule has 3 heterocycles. The van der Waals surface area contributed by atoms with Crippen molar-refractivity contribution in [3.63, 3.8) is 0 Å². The number of carbonyl (C=O) groups is 4. The number of hydrazine groups is 1. The molecule has 2 aliphatic rings. The third kappa shape index (κ3) is 6.37. The maximum Gasteiger partial charge on any atom is 0.332 e. The quantitative estimate of drug-likeness (QED) is 0.213. The Balaban J connectivity index is 1.31. The largest absolute Gasteiger partial charge is 0.375 e. The number of amides is 5. The summed E-state index contributed by atoms with van der Waals surface area (Å²) in [5, 5.41) is 9.49. The molecule has 12 nitrogen and oxygen atoms in total. The fourth-order valence-corrected chi connectivity index (χ4v) is 6.98. The second-order valence-corrected chi connectivity index (χ2v) is 12.4. The molecule has 0 spiro atoms. The number of piperazine rings is 1. The van der Waals surface area contributed by atoms with Crippen LogP contribution in [0.1, 0.15) is 30.0 Å². The van der Waals surface area contributed by atoms with Crippen LogP contribution in [-0.4, -0.2) is 80.9 Å². The van der Waals surface area contributed by atoms with Crippen molar-refractivity contribution in [3.8, 4) is 0 Å². The van der Waals surface area contributed by atoms with Gasteiger partial charge >= 0.3 is 6.03 Å². The average molecular weight is 641 g/mol. The molecule has 3 aromatic carbocycles. The van der Waals surface area contributed by atoms with Crippen molar-refractivity contribution in [2.24, 2.45) is 0 Å². The fourth-order valence-electron chi connectivity index (χ4n) is 6.20. The van der Waals surface area contributed by atoms with Crippen molar-refractivity contribution >= 4 is 56.6 Å². The van der Waals surface area contributed by atoms with Gasteiger partial charge in [-0.15, -0.1) is 0 Å². The Labute approximate surface area is 270 Å². The minimum absolute atomic E-state index is 0.0264. The van der Waals surface area contributed by atoms with Crippen LogP contribution < -0.4 is 16.4 Å². The van der Waals surface area contributed by atoms with Gasteiger partial charge in [-0.3, -0.25) is 19.4 Å². The number of benzene rings is 3. The minimum Gasteiger partial charge on any atom is -0.375 e. The Morgan fingerprint density at radius 1 is 1.07 bits per heavy atom. The van der Waals surface area contributed by atoms with Crippen molar-refractivity contribution < 1.29 is 19.2 Å². The Morgan fingerprint density at radius 3 is 2.59 bits per heavy atom. The highest BCUT2D eigenvalue weighted by molar-refractivity contribution is 7.22. The number of thiazole rings is 1. The van der Waals surface area contributed by atoms with Gasteiger partial charge in [0.05, 0.1) is 23.3 Å². The summed E-state index contributed by atoms with van der Waals surface area (Å²) in [5.74, 6) is -0.397. The summed E-state index contributed by atoms with van der Waals surface area (Å²) in [5.41, 5.74) is 10.1. The van der Waals surface area contributed by atoms with Crippen LogP contribution in [0.15, 0.2) is 72.8 Å². The lowest BCUT2D eigenvalue weighted by atomic mass is 9.99.